The number of carbonyl (C=O) groups excluding carboxylic acids is 1. The van der Waals surface area contributed by atoms with Crippen LogP contribution in [0.2, 0.25) is 5.02 Å². The summed E-state index contributed by atoms with van der Waals surface area (Å²) in [5.41, 5.74) is 4.29. The lowest BCUT2D eigenvalue weighted by Crippen LogP contribution is -2.38. The van der Waals surface area contributed by atoms with Gasteiger partial charge in [-0.1, -0.05) is 48.9 Å². The third-order valence-electron chi connectivity index (χ3n) is 5.52. The number of hydrogen-bond acceptors (Lipinski definition) is 2. The van der Waals surface area contributed by atoms with E-state index in [-0.39, 0.29) is 5.91 Å². The zero-order valence-electron chi connectivity index (χ0n) is 15.7. The van der Waals surface area contributed by atoms with Gasteiger partial charge in [-0.3, -0.25) is 4.79 Å². The Bertz CT molecular complexity index is 1010. The van der Waals surface area contributed by atoms with Gasteiger partial charge in [0.05, 0.1) is 16.8 Å². The third-order valence-corrected chi connectivity index (χ3v) is 5.75. The highest BCUT2D eigenvalue weighted by molar-refractivity contribution is 6.30. The van der Waals surface area contributed by atoms with E-state index in [1.807, 2.05) is 60.4 Å². The Balaban J connectivity index is 1.88. The lowest BCUT2D eigenvalue weighted by Gasteiger charge is -2.31. The van der Waals surface area contributed by atoms with Crippen molar-refractivity contribution in [3.8, 4) is 11.3 Å². The molecule has 0 radical (unpaired) electrons. The van der Waals surface area contributed by atoms with Crippen molar-refractivity contribution in [2.24, 2.45) is 5.92 Å². The second-order valence-corrected chi connectivity index (χ2v) is 7.90. The summed E-state index contributed by atoms with van der Waals surface area (Å²) in [6.45, 7) is 5.90. The number of benzene rings is 2. The number of aromatic nitrogens is 1. The van der Waals surface area contributed by atoms with E-state index < -0.39 is 0 Å². The molecule has 0 spiro atoms. The highest BCUT2D eigenvalue weighted by Gasteiger charge is 2.26. The predicted octanol–water partition coefficient (Wildman–Crippen LogP) is 5.74. The zero-order valence-corrected chi connectivity index (χ0v) is 16.5. The number of pyridine rings is 1. The summed E-state index contributed by atoms with van der Waals surface area (Å²) < 4.78 is 0. The van der Waals surface area contributed by atoms with Crippen molar-refractivity contribution in [2.45, 2.75) is 26.7 Å². The minimum Gasteiger partial charge on any atom is -0.339 e. The monoisotopic (exact) mass is 378 g/mol. The molecular formula is C23H23ClN2O. The zero-order chi connectivity index (χ0) is 19.0. The van der Waals surface area contributed by atoms with Gasteiger partial charge in [0.15, 0.2) is 0 Å². The number of halogens is 1. The second kappa shape index (κ2) is 7.32. The van der Waals surface area contributed by atoms with Gasteiger partial charge in [-0.2, -0.15) is 0 Å². The standard InChI is InChI=1S/C23H23ClN2O/c1-15-10-12-26(13-11-15)23(27)21-16(2)22(17-6-5-7-18(24)14-17)25-20-9-4-3-8-19(20)21/h3-9,14-15H,10-13H2,1-2H3. The number of para-hydroxylation sites is 1. The van der Waals surface area contributed by atoms with Gasteiger partial charge in [-0.05, 0) is 49.4 Å². The number of nitrogens with zero attached hydrogens (tertiary/aromatic N) is 2. The number of rotatable bonds is 2. The molecule has 1 aliphatic heterocycles. The molecule has 0 saturated carbocycles. The molecular weight excluding hydrogens is 356 g/mol. The van der Waals surface area contributed by atoms with E-state index in [4.69, 9.17) is 16.6 Å². The molecule has 27 heavy (non-hydrogen) atoms. The molecule has 4 rings (SSSR count). The molecule has 0 N–H and O–H groups in total. The summed E-state index contributed by atoms with van der Waals surface area (Å²) in [6.07, 6.45) is 2.13. The van der Waals surface area contributed by atoms with Gasteiger partial charge in [-0.25, -0.2) is 4.98 Å². The maximum atomic E-state index is 13.5. The largest absolute Gasteiger partial charge is 0.339 e. The van der Waals surface area contributed by atoms with E-state index in [1.165, 1.54) is 0 Å². The second-order valence-electron chi connectivity index (χ2n) is 7.46. The van der Waals surface area contributed by atoms with Crippen LogP contribution in [0.1, 0.15) is 35.7 Å². The Morgan fingerprint density at radius 1 is 1.11 bits per heavy atom. The molecule has 1 saturated heterocycles. The molecule has 0 unspecified atom stereocenters. The summed E-state index contributed by atoms with van der Waals surface area (Å²) in [5.74, 6) is 0.799. The van der Waals surface area contributed by atoms with E-state index in [0.717, 1.165) is 59.2 Å². The quantitative estimate of drug-likeness (QED) is 0.570. The third kappa shape index (κ3) is 3.44. The van der Waals surface area contributed by atoms with Gasteiger partial charge in [0, 0.05) is 29.1 Å². The topological polar surface area (TPSA) is 33.2 Å². The minimum atomic E-state index is 0.112. The van der Waals surface area contributed by atoms with Gasteiger partial charge >= 0.3 is 0 Å². The highest BCUT2D eigenvalue weighted by atomic mass is 35.5. The molecule has 0 aliphatic carbocycles. The number of piperidine rings is 1. The van der Waals surface area contributed by atoms with Crippen molar-refractivity contribution in [1.29, 1.82) is 0 Å². The maximum Gasteiger partial charge on any atom is 0.254 e. The smallest absolute Gasteiger partial charge is 0.254 e. The first kappa shape index (κ1) is 18.0. The molecule has 0 bridgehead atoms. The number of amides is 1. The SMILES string of the molecule is Cc1c(-c2cccc(Cl)c2)nc2ccccc2c1C(=O)N1CCC(C)CC1. The van der Waals surface area contributed by atoms with Crippen LogP contribution in [-0.4, -0.2) is 28.9 Å². The first-order chi connectivity index (χ1) is 13.0. The Morgan fingerprint density at radius 3 is 2.59 bits per heavy atom. The Hall–Kier alpha value is -2.39. The van der Waals surface area contributed by atoms with Gasteiger partial charge in [0.2, 0.25) is 0 Å². The average molecular weight is 379 g/mol. The van der Waals surface area contributed by atoms with Gasteiger partial charge < -0.3 is 4.90 Å². The van der Waals surface area contributed by atoms with Gasteiger partial charge in [0.1, 0.15) is 0 Å². The van der Waals surface area contributed by atoms with Crippen molar-refractivity contribution in [3.05, 3.63) is 64.7 Å². The fourth-order valence-corrected chi connectivity index (χ4v) is 4.06. The minimum absolute atomic E-state index is 0.112. The van der Waals surface area contributed by atoms with Crippen LogP contribution in [0.15, 0.2) is 48.5 Å². The summed E-state index contributed by atoms with van der Waals surface area (Å²) in [6, 6.07) is 15.6. The fourth-order valence-electron chi connectivity index (χ4n) is 3.87. The summed E-state index contributed by atoms with van der Waals surface area (Å²) in [7, 11) is 0. The molecule has 0 atom stereocenters. The van der Waals surface area contributed by atoms with Gasteiger partial charge in [-0.15, -0.1) is 0 Å². The molecule has 1 amide bonds. The van der Waals surface area contributed by atoms with E-state index in [0.29, 0.717) is 10.9 Å². The van der Waals surface area contributed by atoms with Crippen molar-refractivity contribution in [2.75, 3.05) is 13.1 Å². The van der Waals surface area contributed by atoms with Crippen LogP contribution in [0.25, 0.3) is 22.2 Å². The summed E-state index contributed by atoms with van der Waals surface area (Å²) in [5, 5.41) is 1.59. The predicted molar refractivity (Wildman–Crippen MR) is 111 cm³/mol. The average Bonchev–Trinajstić information content (AvgIpc) is 2.67. The molecule has 2 heterocycles. The highest BCUT2D eigenvalue weighted by Crippen LogP contribution is 2.32. The van der Waals surface area contributed by atoms with Crippen LogP contribution in [0, 0.1) is 12.8 Å². The van der Waals surface area contributed by atoms with Crippen LogP contribution >= 0.6 is 11.6 Å². The molecule has 1 aromatic heterocycles. The normalized spacial score (nSPS) is 15.3. The fraction of sp³-hybridized carbons (Fsp3) is 0.304. The molecule has 2 aromatic carbocycles. The number of fused-ring (bicyclic) bond motifs is 1. The first-order valence-corrected chi connectivity index (χ1v) is 9.87. The molecule has 3 nitrogen and oxygen atoms in total. The van der Waals surface area contributed by atoms with Crippen molar-refractivity contribution in [1.82, 2.24) is 9.88 Å². The molecule has 3 aromatic rings. The van der Waals surface area contributed by atoms with E-state index >= 15 is 0 Å². The number of likely N-dealkylation sites (tertiary alicyclic amines) is 1. The van der Waals surface area contributed by atoms with Crippen LogP contribution in [0.4, 0.5) is 0 Å². The lowest BCUT2D eigenvalue weighted by molar-refractivity contribution is 0.0698. The van der Waals surface area contributed by atoms with Crippen LogP contribution in [0.5, 0.6) is 0 Å². The van der Waals surface area contributed by atoms with Crippen LogP contribution in [0.3, 0.4) is 0 Å². The molecule has 138 valence electrons. The lowest BCUT2D eigenvalue weighted by atomic mass is 9.94. The van der Waals surface area contributed by atoms with Crippen LogP contribution in [-0.2, 0) is 0 Å². The van der Waals surface area contributed by atoms with Crippen molar-refractivity contribution in [3.63, 3.8) is 0 Å². The van der Waals surface area contributed by atoms with Crippen LogP contribution < -0.4 is 0 Å². The van der Waals surface area contributed by atoms with E-state index in [1.54, 1.807) is 0 Å². The summed E-state index contributed by atoms with van der Waals surface area (Å²) >= 11 is 6.20. The van der Waals surface area contributed by atoms with E-state index in [2.05, 4.69) is 6.92 Å². The first-order valence-electron chi connectivity index (χ1n) is 9.49. The molecule has 1 aliphatic rings. The van der Waals surface area contributed by atoms with Crippen molar-refractivity contribution >= 4 is 28.4 Å². The number of hydrogen-bond donors (Lipinski definition) is 0. The van der Waals surface area contributed by atoms with Gasteiger partial charge in [0.25, 0.3) is 5.91 Å². The Kier molecular flexibility index (Phi) is 4.88. The van der Waals surface area contributed by atoms with Crippen molar-refractivity contribution < 1.29 is 4.79 Å². The summed E-state index contributed by atoms with van der Waals surface area (Å²) in [4.78, 5) is 20.3. The number of carbonyl (C=O) groups is 1. The maximum absolute atomic E-state index is 13.5. The molecule has 1 fully saturated rings. The Labute approximate surface area is 165 Å². The van der Waals surface area contributed by atoms with E-state index in [9.17, 15) is 4.79 Å². The molecule has 4 heteroatoms. The Morgan fingerprint density at radius 2 is 1.85 bits per heavy atom.